The molecule has 1 atom stereocenters. The molecule has 2 aromatic rings. The fourth-order valence-electron chi connectivity index (χ4n) is 3.28. The van der Waals surface area contributed by atoms with Crippen LogP contribution in [0.25, 0.3) is 0 Å². The number of pyridine rings is 1. The van der Waals surface area contributed by atoms with Crippen LogP contribution in [-0.2, 0) is 0 Å². The van der Waals surface area contributed by atoms with Crippen LogP contribution >= 0.6 is 0 Å². The summed E-state index contributed by atoms with van der Waals surface area (Å²) in [6, 6.07) is 9.94. The maximum atomic E-state index is 5.55. The molecule has 5 heteroatoms. The highest BCUT2D eigenvalue weighted by Gasteiger charge is 2.29. The first-order valence-corrected chi connectivity index (χ1v) is 8.14. The lowest BCUT2D eigenvalue weighted by atomic mass is 9.97. The van der Waals surface area contributed by atoms with E-state index in [1.54, 1.807) is 21.3 Å². The minimum Gasteiger partial charge on any atom is -0.497 e. The Bertz CT molecular complexity index is 718. The second kappa shape index (κ2) is 6.99. The third kappa shape index (κ3) is 3.11. The van der Waals surface area contributed by atoms with Gasteiger partial charge in [-0.05, 0) is 43.7 Å². The highest BCUT2D eigenvalue weighted by molar-refractivity contribution is 5.55. The van der Waals surface area contributed by atoms with Crippen LogP contribution in [0, 0.1) is 6.92 Å². The Hall–Kier alpha value is -2.43. The van der Waals surface area contributed by atoms with Crippen molar-refractivity contribution in [2.45, 2.75) is 19.3 Å². The standard InChI is InChI=1S/C19H24N2O3/c1-13-5-7-18(24-4)19(20-13)21-10-9-14(12-21)16-11-15(22-2)6-8-17(16)23-3/h5-8,11,14H,9-10,12H2,1-4H3. The summed E-state index contributed by atoms with van der Waals surface area (Å²) in [6.45, 7) is 3.83. The number of hydrogen-bond donors (Lipinski definition) is 0. The minimum absolute atomic E-state index is 0.377. The van der Waals surface area contributed by atoms with Crippen LogP contribution in [0.3, 0.4) is 0 Å². The van der Waals surface area contributed by atoms with Gasteiger partial charge < -0.3 is 19.1 Å². The molecule has 0 N–H and O–H groups in total. The number of nitrogens with zero attached hydrogens (tertiary/aromatic N) is 2. The maximum Gasteiger partial charge on any atom is 0.171 e. The quantitative estimate of drug-likeness (QED) is 0.841. The second-order valence-electron chi connectivity index (χ2n) is 6.02. The molecular weight excluding hydrogens is 304 g/mol. The van der Waals surface area contributed by atoms with Gasteiger partial charge in [0.1, 0.15) is 11.5 Å². The number of methoxy groups -OCH3 is 3. The van der Waals surface area contributed by atoms with Crippen molar-refractivity contribution in [2.75, 3.05) is 39.3 Å². The van der Waals surface area contributed by atoms with E-state index < -0.39 is 0 Å². The Morgan fingerprint density at radius 1 is 1.00 bits per heavy atom. The van der Waals surface area contributed by atoms with Gasteiger partial charge in [0.2, 0.25) is 0 Å². The maximum absolute atomic E-state index is 5.55. The predicted molar refractivity (Wildman–Crippen MR) is 94.6 cm³/mol. The molecule has 128 valence electrons. The topological polar surface area (TPSA) is 43.8 Å². The van der Waals surface area contributed by atoms with Gasteiger partial charge in [-0.2, -0.15) is 0 Å². The molecule has 0 bridgehead atoms. The van der Waals surface area contributed by atoms with Crippen LogP contribution in [0.4, 0.5) is 5.82 Å². The molecule has 0 amide bonds. The molecule has 1 aromatic carbocycles. The highest BCUT2D eigenvalue weighted by Crippen LogP contribution is 2.39. The summed E-state index contributed by atoms with van der Waals surface area (Å²) < 4.78 is 16.4. The molecule has 24 heavy (non-hydrogen) atoms. The zero-order valence-corrected chi connectivity index (χ0v) is 14.7. The Kier molecular flexibility index (Phi) is 4.79. The molecular formula is C19H24N2O3. The molecule has 1 unspecified atom stereocenters. The van der Waals surface area contributed by atoms with Crippen LogP contribution in [-0.4, -0.2) is 39.4 Å². The zero-order valence-electron chi connectivity index (χ0n) is 14.7. The number of hydrogen-bond acceptors (Lipinski definition) is 5. The fraction of sp³-hybridized carbons (Fsp3) is 0.421. The van der Waals surface area contributed by atoms with Crippen LogP contribution in [0.15, 0.2) is 30.3 Å². The van der Waals surface area contributed by atoms with E-state index in [1.165, 1.54) is 5.56 Å². The van der Waals surface area contributed by atoms with E-state index in [1.807, 2.05) is 31.2 Å². The molecule has 0 saturated carbocycles. The number of benzene rings is 1. The molecule has 1 aliphatic rings. The van der Waals surface area contributed by atoms with Gasteiger partial charge in [-0.25, -0.2) is 4.98 Å². The Morgan fingerprint density at radius 3 is 2.46 bits per heavy atom. The molecule has 1 saturated heterocycles. The van der Waals surface area contributed by atoms with Gasteiger partial charge in [-0.1, -0.05) is 0 Å². The van der Waals surface area contributed by atoms with Crippen molar-refractivity contribution in [1.29, 1.82) is 0 Å². The van der Waals surface area contributed by atoms with Gasteiger partial charge in [0.05, 0.1) is 21.3 Å². The van der Waals surface area contributed by atoms with E-state index in [4.69, 9.17) is 14.2 Å². The first kappa shape index (κ1) is 16.4. The molecule has 0 spiro atoms. The van der Waals surface area contributed by atoms with E-state index in [0.717, 1.165) is 48.3 Å². The zero-order chi connectivity index (χ0) is 17.1. The summed E-state index contributed by atoms with van der Waals surface area (Å²) in [4.78, 5) is 6.96. The summed E-state index contributed by atoms with van der Waals surface area (Å²) >= 11 is 0. The van der Waals surface area contributed by atoms with E-state index in [2.05, 4.69) is 16.0 Å². The normalized spacial score (nSPS) is 17.0. The number of aryl methyl sites for hydroxylation is 1. The van der Waals surface area contributed by atoms with E-state index in [-0.39, 0.29) is 0 Å². The van der Waals surface area contributed by atoms with Gasteiger partial charge in [0.25, 0.3) is 0 Å². The molecule has 3 rings (SSSR count). The predicted octanol–water partition coefficient (Wildman–Crippen LogP) is 3.41. The van der Waals surface area contributed by atoms with Crippen LogP contribution in [0.5, 0.6) is 17.2 Å². The number of aromatic nitrogens is 1. The van der Waals surface area contributed by atoms with Gasteiger partial charge in [0, 0.05) is 30.3 Å². The van der Waals surface area contributed by atoms with Crippen molar-refractivity contribution >= 4 is 5.82 Å². The Morgan fingerprint density at radius 2 is 1.75 bits per heavy atom. The first-order valence-electron chi connectivity index (χ1n) is 8.14. The smallest absolute Gasteiger partial charge is 0.171 e. The molecule has 1 fully saturated rings. The lowest BCUT2D eigenvalue weighted by Gasteiger charge is -2.21. The van der Waals surface area contributed by atoms with Gasteiger partial charge in [0.15, 0.2) is 11.6 Å². The summed E-state index contributed by atoms with van der Waals surface area (Å²) in [6.07, 6.45) is 1.04. The van der Waals surface area contributed by atoms with E-state index >= 15 is 0 Å². The van der Waals surface area contributed by atoms with Crippen LogP contribution in [0.1, 0.15) is 23.6 Å². The Labute approximate surface area is 143 Å². The van der Waals surface area contributed by atoms with Gasteiger partial charge in [-0.3, -0.25) is 0 Å². The van der Waals surface area contributed by atoms with Gasteiger partial charge >= 0.3 is 0 Å². The summed E-state index contributed by atoms with van der Waals surface area (Å²) in [5.74, 6) is 3.88. The molecule has 2 heterocycles. The van der Waals surface area contributed by atoms with Crippen molar-refractivity contribution in [1.82, 2.24) is 4.98 Å². The van der Waals surface area contributed by atoms with Crippen LogP contribution in [0.2, 0.25) is 0 Å². The minimum atomic E-state index is 0.377. The van der Waals surface area contributed by atoms with Crippen LogP contribution < -0.4 is 19.1 Å². The Balaban J connectivity index is 1.87. The largest absolute Gasteiger partial charge is 0.497 e. The average molecular weight is 328 g/mol. The summed E-state index contributed by atoms with van der Waals surface area (Å²) in [5, 5.41) is 0. The molecule has 5 nitrogen and oxygen atoms in total. The average Bonchev–Trinajstić information content (AvgIpc) is 3.10. The summed E-state index contributed by atoms with van der Waals surface area (Å²) in [7, 11) is 5.09. The third-order valence-corrected chi connectivity index (χ3v) is 4.56. The number of anilines is 1. The van der Waals surface area contributed by atoms with E-state index in [9.17, 15) is 0 Å². The SMILES string of the molecule is COc1ccc(OC)c(C2CCN(c3nc(C)ccc3OC)C2)c1. The lowest BCUT2D eigenvalue weighted by molar-refractivity contribution is 0.396. The van der Waals surface area contributed by atoms with Gasteiger partial charge in [-0.15, -0.1) is 0 Å². The first-order chi connectivity index (χ1) is 11.7. The lowest BCUT2D eigenvalue weighted by Crippen LogP contribution is -2.21. The van der Waals surface area contributed by atoms with Crippen molar-refractivity contribution in [3.8, 4) is 17.2 Å². The van der Waals surface area contributed by atoms with Crippen molar-refractivity contribution in [3.05, 3.63) is 41.6 Å². The fourth-order valence-corrected chi connectivity index (χ4v) is 3.28. The number of ether oxygens (including phenoxy) is 3. The van der Waals surface area contributed by atoms with Crippen molar-refractivity contribution in [2.24, 2.45) is 0 Å². The molecule has 0 radical (unpaired) electrons. The highest BCUT2D eigenvalue weighted by atomic mass is 16.5. The third-order valence-electron chi connectivity index (χ3n) is 4.56. The number of rotatable bonds is 5. The molecule has 0 aliphatic carbocycles. The second-order valence-corrected chi connectivity index (χ2v) is 6.02. The van der Waals surface area contributed by atoms with Crippen molar-refractivity contribution < 1.29 is 14.2 Å². The summed E-state index contributed by atoms with van der Waals surface area (Å²) in [5.41, 5.74) is 2.18. The van der Waals surface area contributed by atoms with Crippen molar-refractivity contribution in [3.63, 3.8) is 0 Å². The molecule has 1 aliphatic heterocycles. The monoisotopic (exact) mass is 328 g/mol. The molecule has 1 aromatic heterocycles. The van der Waals surface area contributed by atoms with E-state index in [0.29, 0.717) is 5.92 Å².